The van der Waals surface area contributed by atoms with E-state index in [1.54, 1.807) is 13.2 Å². The number of halogens is 1. The van der Waals surface area contributed by atoms with Crippen LogP contribution in [0.1, 0.15) is 36.1 Å². The van der Waals surface area contributed by atoms with E-state index in [-0.39, 0.29) is 23.7 Å². The summed E-state index contributed by atoms with van der Waals surface area (Å²) in [6, 6.07) is 12.2. The molecule has 0 saturated carbocycles. The lowest BCUT2D eigenvalue weighted by atomic mass is 9.77. The zero-order valence-electron chi connectivity index (χ0n) is 14.2. The van der Waals surface area contributed by atoms with E-state index >= 15 is 0 Å². The number of carbonyl (C=O) groups is 1. The number of fused-ring (bicyclic) bond motifs is 3. The van der Waals surface area contributed by atoms with Crippen molar-refractivity contribution in [3.05, 3.63) is 65.0 Å². The molecule has 128 valence electrons. The highest BCUT2D eigenvalue weighted by molar-refractivity contribution is 6.07. The number of hydrazone groups is 1. The minimum absolute atomic E-state index is 0.0605. The van der Waals surface area contributed by atoms with Gasteiger partial charge in [-0.25, -0.2) is 9.40 Å². The quantitative estimate of drug-likeness (QED) is 0.838. The zero-order valence-corrected chi connectivity index (χ0v) is 14.2. The number of hydrogen-bond donors (Lipinski definition) is 0. The topological polar surface area (TPSA) is 41.9 Å². The van der Waals surface area contributed by atoms with Gasteiger partial charge < -0.3 is 4.74 Å². The first kappa shape index (κ1) is 15.8. The van der Waals surface area contributed by atoms with E-state index in [0.29, 0.717) is 0 Å². The minimum Gasteiger partial charge on any atom is -0.497 e. The number of nitrogens with zero attached hydrogens (tertiary/aromatic N) is 2. The molecule has 4 nitrogen and oxygen atoms in total. The molecule has 1 aliphatic heterocycles. The lowest BCUT2D eigenvalue weighted by molar-refractivity contribution is -0.131. The van der Waals surface area contributed by atoms with Crippen molar-refractivity contribution < 1.29 is 13.9 Å². The molecule has 25 heavy (non-hydrogen) atoms. The molecule has 2 aromatic carbocycles. The molecular weight excluding hydrogens is 319 g/mol. The molecule has 0 unspecified atom stereocenters. The molecule has 1 aliphatic carbocycles. The highest BCUT2D eigenvalue weighted by Crippen LogP contribution is 2.44. The minimum atomic E-state index is -0.299. The van der Waals surface area contributed by atoms with Crippen LogP contribution in [0.5, 0.6) is 5.75 Å². The van der Waals surface area contributed by atoms with Gasteiger partial charge >= 0.3 is 0 Å². The monoisotopic (exact) mass is 338 g/mol. The fraction of sp³-hybridized carbons (Fsp3) is 0.300. The van der Waals surface area contributed by atoms with Crippen LogP contribution in [0.25, 0.3) is 0 Å². The number of benzene rings is 2. The normalized spacial score (nSPS) is 21.4. The Balaban J connectivity index is 1.82. The van der Waals surface area contributed by atoms with Crippen molar-refractivity contribution in [2.75, 3.05) is 7.11 Å². The summed E-state index contributed by atoms with van der Waals surface area (Å²) in [6.07, 6.45) is 1.78. The van der Waals surface area contributed by atoms with Gasteiger partial charge in [-0.05, 0) is 48.2 Å². The Morgan fingerprint density at radius 3 is 2.84 bits per heavy atom. The van der Waals surface area contributed by atoms with Crippen molar-refractivity contribution in [2.24, 2.45) is 11.0 Å². The highest BCUT2D eigenvalue weighted by atomic mass is 19.1. The predicted molar refractivity (Wildman–Crippen MR) is 93.0 cm³/mol. The molecule has 0 aromatic heterocycles. The van der Waals surface area contributed by atoms with Crippen LogP contribution >= 0.6 is 0 Å². The van der Waals surface area contributed by atoms with E-state index < -0.39 is 0 Å². The van der Waals surface area contributed by atoms with Gasteiger partial charge in [-0.2, -0.15) is 5.10 Å². The van der Waals surface area contributed by atoms with Crippen molar-refractivity contribution in [2.45, 2.75) is 25.8 Å². The second-order valence-corrected chi connectivity index (χ2v) is 6.52. The summed E-state index contributed by atoms with van der Waals surface area (Å²) in [5.41, 5.74) is 3.91. The number of rotatable bonds is 2. The Labute approximate surface area is 145 Å². The Morgan fingerprint density at radius 1 is 1.28 bits per heavy atom. The van der Waals surface area contributed by atoms with E-state index in [9.17, 15) is 9.18 Å². The fourth-order valence-corrected chi connectivity index (χ4v) is 3.90. The summed E-state index contributed by atoms with van der Waals surface area (Å²) in [6.45, 7) is 1.50. The van der Waals surface area contributed by atoms with Crippen LogP contribution in [-0.2, 0) is 11.2 Å². The Morgan fingerprint density at radius 2 is 2.12 bits per heavy atom. The number of ether oxygens (including phenoxy) is 1. The summed E-state index contributed by atoms with van der Waals surface area (Å²) >= 11 is 0. The maximum Gasteiger partial charge on any atom is 0.240 e. The number of methoxy groups -OCH3 is 1. The largest absolute Gasteiger partial charge is 0.497 e. The SMILES string of the molecule is COc1ccc2c(c1)C1=NN(C(C)=O)[C@@H](c3cccc(F)c3)[C@@H]1CC2. The number of hydrogen-bond acceptors (Lipinski definition) is 3. The van der Waals surface area contributed by atoms with E-state index in [2.05, 4.69) is 11.2 Å². The van der Waals surface area contributed by atoms with Gasteiger partial charge in [0.25, 0.3) is 0 Å². The van der Waals surface area contributed by atoms with Crippen molar-refractivity contribution in [3.8, 4) is 5.75 Å². The molecule has 1 amide bonds. The lowest BCUT2D eigenvalue weighted by Gasteiger charge is -2.29. The first-order valence-electron chi connectivity index (χ1n) is 8.39. The summed E-state index contributed by atoms with van der Waals surface area (Å²) in [5.74, 6) is 0.393. The molecular formula is C20H19FN2O2. The third kappa shape index (κ3) is 2.60. The molecule has 0 saturated heterocycles. The van der Waals surface area contributed by atoms with Gasteiger partial charge in [-0.3, -0.25) is 4.79 Å². The third-order valence-corrected chi connectivity index (χ3v) is 5.04. The van der Waals surface area contributed by atoms with Gasteiger partial charge in [0.05, 0.1) is 18.9 Å². The molecule has 0 N–H and O–H groups in total. The van der Waals surface area contributed by atoms with Crippen molar-refractivity contribution in [3.63, 3.8) is 0 Å². The predicted octanol–water partition coefficient (Wildman–Crippen LogP) is 3.70. The van der Waals surface area contributed by atoms with Gasteiger partial charge in [-0.15, -0.1) is 0 Å². The zero-order chi connectivity index (χ0) is 17.6. The molecule has 5 heteroatoms. The van der Waals surface area contributed by atoms with Crippen LogP contribution in [0.3, 0.4) is 0 Å². The average molecular weight is 338 g/mol. The molecule has 2 atom stereocenters. The second-order valence-electron chi connectivity index (χ2n) is 6.52. The van der Waals surface area contributed by atoms with Crippen LogP contribution in [-0.4, -0.2) is 23.7 Å². The highest BCUT2D eigenvalue weighted by Gasteiger charge is 2.43. The summed E-state index contributed by atoms with van der Waals surface area (Å²) in [4.78, 5) is 12.2. The van der Waals surface area contributed by atoms with Gasteiger partial charge in [0.1, 0.15) is 11.6 Å². The molecule has 0 bridgehead atoms. The van der Waals surface area contributed by atoms with E-state index in [0.717, 1.165) is 35.4 Å². The van der Waals surface area contributed by atoms with Gasteiger partial charge in [0.15, 0.2) is 0 Å². The first-order chi connectivity index (χ1) is 12.1. The fourth-order valence-electron chi connectivity index (χ4n) is 3.90. The maximum atomic E-state index is 13.8. The van der Waals surface area contributed by atoms with Crippen LogP contribution in [0, 0.1) is 11.7 Å². The van der Waals surface area contributed by atoms with Crippen molar-refractivity contribution in [1.82, 2.24) is 5.01 Å². The summed E-state index contributed by atoms with van der Waals surface area (Å²) in [5, 5.41) is 6.14. The summed E-state index contributed by atoms with van der Waals surface area (Å²) < 4.78 is 19.1. The third-order valence-electron chi connectivity index (χ3n) is 5.04. The standard InChI is InChI=1S/C20H19FN2O2/c1-12(24)23-20(14-4-3-5-15(21)10-14)17-9-7-13-6-8-16(25-2)11-18(13)19(17)22-23/h3-6,8,10-11,17,20H,7,9H2,1-2H3/t17-,20+/m1/s1. The summed E-state index contributed by atoms with van der Waals surface area (Å²) in [7, 11) is 1.63. The molecule has 4 rings (SSSR count). The van der Waals surface area contributed by atoms with Crippen LogP contribution in [0.15, 0.2) is 47.6 Å². The van der Waals surface area contributed by atoms with Crippen molar-refractivity contribution >= 4 is 11.6 Å². The van der Waals surface area contributed by atoms with Gasteiger partial charge in [0.2, 0.25) is 5.91 Å². The van der Waals surface area contributed by atoms with Gasteiger partial charge in [-0.1, -0.05) is 18.2 Å². The average Bonchev–Trinajstić information content (AvgIpc) is 3.01. The number of amides is 1. The molecule has 0 fully saturated rings. The number of aryl methyl sites for hydroxylation is 1. The van der Waals surface area contributed by atoms with Crippen LogP contribution < -0.4 is 4.74 Å². The Hall–Kier alpha value is -2.69. The molecule has 2 aromatic rings. The molecule has 1 heterocycles. The van der Waals surface area contributed by atoms with E-state index in [1.165, 1.54) is 29.6 Å². The van der Waals surface area contributed by atoms with Crippen LogP contribution in [0.2, 0.25) is 0 Å². The Bertz CT molecular complexity index is 878. The maximum absolute atomic E-state index is 13.8. The molecule has 0 spiro atoms. The number of carbonyl (C=O) groups excluding carboxylic acids is 1. The first-order valence-corrected chi connectivity index (χ1v) is 8.39. The van der Waals surface area contributed by atoms with Crippen molar-refractivity contribution in [1.29, 1.82) is 0 Å². The second kappa shape index (κ2) is 5.99. The Kier molecular flexibility index (Phi) is 3.79. The molecule has 2 aliphatic rings. The van der Waals surface area contributed by atoms with E-state index in [1.807, 2.05) is 18.2 Å². The smallest absolute Gasteiger partial charge is 0.240 e. The van der Waals surface area contributed by atoms with Crippen LogP contribution in [0.4, 0.5) is 4.39 Å². The van der Waals surface area contributed by atoms with Gasteiger partial charge in [0, 0.05) is 18.4 Å². The lowest BCUT2D eigenvalue weighted by Crippen LogP contribution is -2.31. The van der Waals surface area contributed by atoms with E-state index in [4.69, 9.17) is 4.74 Å². The molecule has 0 radical (unpaired) electrons.